The zero-order chi connectivity index (χ0) is 17.9. The number of carbonyl (C=O) groups is 1. The minimum absolute atomic E-state index is 0.0604. The molecule has 0 fully saturated rings. The van der Waals surface area contributed by atoms with Crippen molar-refractivity contribution in [3.05, 3.63) is 53.6 Å². The predicted molar refractivity (Wildman–Crippen MR) is 85.4 cm³/mol. The van der Waals surface area contributed by atoms with E-state index < -0.39 is 17.8 Å². The van der Waals surface area contributed by atoms with Crippen LogP contribution in [0.5, 0.6) is 0 Å². The maximum atomic E-state index is 12.7. The molecule has 25 heavy (non-hydrogen) atoms. The number of hydrogen-bond donors (Lipinski definition) is 1. The van der Waals surface area contributed by atoms with E-state index in [1.165, 1.54) is 4.57 Å². The Labute approximate surface area is 143 Å². The van der Waals surface area contributed by atoms with E-state index in [0.717, 1.165) is 11.8 Å². The number of hydrogen-bond acceptors (Lipinski definition) is 2. The second-order valence-corrected chi connectivity index (χ2v) is 5.92. The van der Waals surface area contributed by atoms with Crippen LogP contribution in [-0.4, -0.2) is 22.0 Å². The minimum atomic E-state index is -4.43. The highest BCUT2D eigenvalue weighted by Gasteiger charge is 2.35. The fourth-order valence-corrected chi connectivity index (χ4v) is 2.75. The summed E-state index contributed by atoms with van der Waals surface area (Å²) in [4.78, 5) is 15.4. The molecule has 1 N–H and O–H groups in total. The first-order valence-electron chi connectivity index (χ1n) is 7.90. The van der Waals surface area contributed by atoms with Crippen LogP contribution >= 0.6 is 0 Å². The van der Waals surface area contributed by atoms with Crippen LogP contribution in [0.25, 0.3) is 0 Å². The van der Waals surface area contributed by atoms with Gasteiger partial charge in [0.2, 0.25) is 0 Å². The molecule has 1 aromatic heterocycles. The molecule has 0 radical (unpaired) electrons. The summed E-state index contributed by atoms with van der Waals surface area (Å²) < 4.78 is 39.6. The third-order valence-electron chi connectivity index (χ3n) is 4.03. The van der Waals surface area contributed by atoms with Crippen molar-refractivity contribution in [2.75, 3.05) is 6.54 Å². The van der Waals surface area contributed by atoms with E-state index in [1.54, 1.807) is 12.1 Å². The van der Waals surface area contributed by atoms with Crippen LogP contribution in [0.2, 0.25) is 0 Å². The maximum absolute atomic E-state index is 12.7. The lowest BCUT2D eigenvalue weighted by molar-refractivity contribution is -0.141. The standard InChI is InChI=1S/C18H16F3N3O/c19-18(20,21)15-12-24-11-14(6-8-16(24)23-15)10-22-17(25)9-7-13-4-2-1-3-5-13/h1-5,12,14H,6,8,10-11H2,(H,22,25). The Balaban J connectivity index is 1.54. The van der Waals surface area contributed by atoms with E-state index in [4.69, 9.17) is 0 Å². The monoisotopic (exact) mass is 347 g/mol. The number of benzene rings is 1. The summed E-state index contributed by atoms with van der Waals surface area (Å²) in [6.45, 7) is 0.784. The van der Waals surface area contributed by atoms with Crippen LogP contribution in [0.4, 0.5) is 13.2 Å². The van der Waals surface area contributed by atoms with Crippen LogP contribution in [0.1, 0.15) is 23.5 Å². The first-order valence-corrected chi connectivity index (χ1v) is 7.90. The van der Waals surface area contributed by atoms with Gasteiger partial charge in [-0.2, -0.15) is 13.2 Å². The zero-order valence-electron chi connectivity index (χ0n) is 13.3. The van der Waals surface area contributed by atoms with Gasteiger partial charge in [0.25, 0.3) is 5.91 Å². The van der Waals surface area contributed by atoms with Crippen molar-refractivity contribution in [1.82, 2.24) is 14.9 Å². The Morgan fingerprint density at radius 2 is 2.08 bits per heavy atom. The number of halogens is 3. The molecule has 1 aromatic carbocycles. The zero-order valence-corrected chi connectivity index (χ0v) is 13.3. The Bertz CT molecular complexity index is 816. The van der Waals surface area contributed by atoms with Gasteiger partial charge in [0, 0.05) is 37.2 Å². The van der Waals surface area contributed by atoms with Gasteiger partial charge in [-0.3, -0.25) is 4.79 Å². The molecule has 0 spiro atoms. The Hall–Kier alpha value is -2.75. The van der Waals surface area contributed by atoms with Gasteiger partial charge in [0.15, 0.2) is 5.69 Å². The molecule has 0 bridgehead atoms. The molecule has 2 aromatic rings. The SMILES string of the molecule is O=C(C#Cc1ccccc1)NCC1CCc2nc(C(F)(F)F)cn2C1. The summed E-state index contributed by atoms with van der Waals surface area (Å²) in [5.41, 5.74) is -0.112. The summed E-state index contributed by atoms with van der Waals surface area (Å²) in [6.07, 6.45) is -2.24. The lowest BCUT2D eigenvalue weighted by Crippen LogP contribution is -2.33. The summed E-state index contributed by atoms with van der Waals surface area (Å²) in [7, 11) is 0. The van der Waals surface area contributed by atoms with Crippen molar-refractivity contribution in [2.45, 2.75) is 25.6 Å². The molecular formula is C18H16F3N3O. The summed E-state index contributed by atoms with van der Waals surface area (Å²) >= 11 is 0. The second-order valence-electron chi connectivity index (χ2n) is 5.92. The molecule has 0 saturated heterocycles. The molecule has 0 saturated carbocycles. The van der Waals surface area contributed by atoms with Crippen molar-refractivity contribution in [3.63, 3.8) is 0 Å². The van der Waals surface area contributed by atoms with Crippen molar-refractivity contribution < 1.29 is 18.0 Å². The van der Waals surface area contributed by atoms with Gasteiger partial charge in [0.1, 0.15) is 5.82 Å². The largest absolute Gasteiger partial charge is 0.434 e. The van der Waals surface area contributed by atoms with Crippen LogP contribution < -0.4 is 5.32 Å². The van der Waals surface area contributed by atoms with E-state index >= 15 is 0 Å². The number of carbonyl (C=O) groups excluding carboxylic acids is 1. The lowest BCUT2D eigenvalue weighted by atomic mass is 9.99. The predicted octanol–water partition coefficient (Wildman–Crippen LogP) is 2.63. The lowest BCUT2D eigenvalue weighted by Gasteiger charge is -2.23. The normalized spacial score (nSPS) is 16.5. The van der Waals surface area contributed by atoms with Gasteiger partial charge >= 0.3 is 6.18 Å². The Morgan fingerprint density at radius 3 is 2.80 bits per heavy atom. The molecule has 3 rings (SSSR count). The smallest absolute Gasteiger partial charge is 0.345 e. The van der Waals surface area contributed by atoms with Crippen molar-refractivity contribution in [3.8, 4) is 11.8 Å². The second kappa shape index (κ2) is 7.01. The van der Waals surface area contributed by atoms with Crippen LogP contribution in [0.15, 0.2) is 36.5 Å². The fraction of sp³-hybridized carbons (Fsp3) is 0.333. The van der Waals surface area contributed by atoms with E-state index in [9.17, 15) is 18.0 Å². The summed E-state index contributed by atoms with van der Waals surface area (Å²) in [5, 5.41) is 2.72. The Morgan fingerprint density at radius 1 is 1.32 bits per heavy atom. The Kier molecular flexibility index (Phi) is 4.79. The number of alkyl halides is 3. The van der Waals surface area contributed by atoms with E-state index in [1.807, 2.05) is 18.2 Å². The molecule has 1 unspecified atom stereocenters. The fourth-order valence-electron chi connectivity index (χ4n) is 2.75. The number of imidazole rings is 1. The van der Waals surface area contributed by atoms with Crippen molar-refractivity contribution >= 4 is 5.91 Å². The third kappa shape index (κ3) is 4.41. The minimum Gasteiger partial charge on any atom is -0.345 e. The molecule has 1 aliphatic rings. The molecule has 0 aliphatic carbocycles. The highest BCUT2D eigenvalue weighted by Crippen LogP contribution is 2.30. The number of rotatable bonds is 2. The number of nitrogens with one attached hydrogen (secondary N) is 1. The topological polar surface area (TPSA) is 46.9 Å². The summed E-state index contributed by atoms with van der Waals surface area (Å²) in [6, 6.07) is 9.15. The molecule has 2 heterocycles. The first-order chi connectivity index (χ1) is 11.9. The number of aryl methyl sites for hydroxylation is 1. The molecule has 130 valence electrons. The van der Waals surface area contributed by atoms with Crippen LogP contribution in [0, 0.1) is 17.8 Å². The van der Waals surface area contributed by atoms with Gasteiger partial charge in [0.05, 0.1) is 0 Å². The van der Waals surface area contributed by atoms with Gasteiger partial charge in [-0.1, -0.05) is 24.1 Å². The molecule has 1 amide bonds. The van der Waals surface area contributed by atoms with E-state index in [-0.39, 0.29) is 5.92 Å². The highest BCUT2D eigenvalue weighted by molar-refractivity contribution is 5.94. The number of amides is 1. The molecular weight excluding hydrogens is 331 g/mol. The highest BCUT2D eigenvalue weighted by atomic mass is 19.4. The van der Waals surface area contributed by atoms with Crippen molar-refractivity contribution in [2.24, 2.45) is 5.92 Å². The van der Waals surface area contributed by atoms with E-state index in [0.29, 0.717) is 31.8 Å². The van der Waals surface area contributed by atoms with E-state index in [2.05, 4.69) is 22.1 Å². The molecule has 1 atom stereocenters. The number of aromatic nitrogens is 2. The number of fused-ring (bicyclic) bond motifs is 1. The van der Waals surface area contributed by atoms with Crippen LogP contribution in [-0.2, 0) is 23.9 Å². The average molecular weight is 347 g/mol. The molecule has 7 heteroatoms. The molecule has 4 nitrogen and oxygen atoms in total. The van der Waals surface area contributed by atoms with Crippen molar-refractivity contribution in [1.29, 1.82) is 0 Å². The van der Waals surface area contributed by atoms with Gasteiger partial charge in [-0.25, -0.2) is 4.98 Å². The van der Waals surface area contributed by atoms with Crippen LogP contribution in [0.3, 0.4) is 0 Å². The van der Waals surface area contributed by atoms with Gasteiger partial charge < -0.3 is 9.88 Å². The molecule has 1 aliphatic heterocycles. The number of nitrogens with zero attached hydrogens (tertiary/aromatic N) is 2. The first kappa shape index (κ1) is 17.1. The third-order valence-corrected chi connectivity index (χ3v) is 4.03. The average Bonchev–Trinajstić information content (AvgIpc) is 3.03. The maximum Gasteiger partial charge on any atom is 0.434 e. The van der Waals surface area contributed by atoms with Gasteiger partial charge in [-0.05, 0) is 24.5 Å². The summed E-state index contributed by atoms with van der Waals surface area (Å²) in [5.74, 6) is 5.39. The van der Waals surface area contributed by atoms with Gasteiger partial charge in [-0.15, -0.1) is 0 Å². The quantitative estimate of drug-likeness (QED) is 0.849.